The lowest BCUT2D eigenvalue weighted by Crippen LogP contribution is -2.25. The van der Waals surface area contributed by atoms with Crippen molar-refractivity contribution >= 4 is 29.4 Å². The minimum absolute atomic E-state index is 0.208. The fourth-order valence-electron chi connectivity index (χ4n) is 2.84. The summed E-state index contributed by atoms with van der Waals surface area (Å²) in [6.45, 7) is 0.439. The lowest BCUT2D eigenvalue weighted by atomic mass is 10.1. The van der Waals surface area contributed by atoms with E-state index in [1.54, 1.807) is 34.3 Å². The van der Waals surface area contributed by atoms with Crippen LogP contribution in [0.4, 0.5) is 10.1 Å². The van der Waals surface area contributed by atoms with Crippen molar-refractivity contribution in [2.75, 3.05) is 11.9 Å². The Morgan fingerprint density at radius 2 is 1.96 bits per heavy atom. The number of rotatable bonds is 4. The average molecular weight is 381 g/mol. The highest BCUT2D eigenvalue weighted by atomic mass is 32.2. The SMILES string of the molecule is O=C(NCCc1ccc(F)cc1)c1ccc2c(c1)NC(=O)c1cccn1S2. The third kappa shape index (κ3) is 3.73. The van der Waals surface area contributed by atoms with E-state index in [-0.39, 0.29) is 17.6 Å². The van der Waals surface area contributed by atoms with Gasteiger partial charge in [-0.2, -0.15) is 0 Å². The van der Waals surface area contributed by atoms with E-state index in [4.69, 9.17) is 0 Å². The molecule has 2 heterocycles. The first-order valence-corrected chi connectivity index (χ1v) is 9.21. The number of carbonyl (C=O) groups is 2. The predicted octanol–water partition coefficient (Wildman–Crippen LogP) is 3.72. The quantitative estimate of drug-likeness (QED) is 0.724. The minimum atomic E-state index is -0.278. The van der Waals surface area contributed by atoms with E-state index in [1.165, 1.54) is 24.1 Å². The number of anilines is 1. The highest BCUT2D eigenvalue weighted by Crippen LogP contribution is 2.33. The molecule has 0 bridgehead atoms. The normalized spacial score (nSPS) is 12.6. The molecule has 0 spiro atoms. The molecule has 0 fully saturated rings. The van der Waals surface area contributed by atoms with E-state index in [2.05, 4.69) is 10.6 Å². The molecule has 0 atom stereocenters. The summed E-state index contributed by atoms with van der Waals surface area (Å²) in [4.78, 5) is 25.6. The van der Waals surface area contributed by atoms with Crippen LogP contribution in [0.1, 0.15) is 26.4 Å². The lowest BCUT2D eigenvalue weighted by Gasteiger charge is -2.10. The van der Waals surface area contributed by atoms with Gasteiger partial charge in [0.15, 0.2) is 0 Å². The molecule has 0 saturated carbocycles. The number of aromatic nitrogens is 1. The monoisotopic (exact) mass is 381 g/mol. The molecule has 2 aromatic carbocycles. The summed E-state index contributed by atoms with van der Waals surface area (Å²) < 4.78 is 14.7. The van der Waals surface area contributed by atoms with Crippen molar-refractivity contribution in [3.8, 4) is 0 Å². The van der Waals surface area contributed by atoms with Gasteiger partial charge in [-0.05, 0) is 66.4 Å². The number of amides is 2. The van der Waals surface area contributed by atoms with E-state index in [9.17, 15) is 14.0 Å². The van der Waals surface area contributed by atoms with Gasteiger partial charge in [0, 0.05) is 18.3 Å². The van der Waals surface area contributed by atoms with Gasteiger partial charge in [-0.1, -0.05) is 12.1 Å². The summed E-state index contributed by atoms with van der Waals surface area (Å²) in [7, 11) is 0. The third-order valence-electron chi connectivity index (χ3n) is 4.24. The van der Waals surface area contributed by atoms with Crippen LogP contribution in [-0.4, -0.2) is 22.3 Å². The zero-order valence-corrected chi connectivity index (χ0v) is 15.1. The van der Waals surface area contributed by atoms with Crippen LogP contribution in [0.2, 0.25) is 0 Å². The van der Waals surface area contributed by atoms with Crippen LogP contribution >= 0.6 is 11.9 Å². The van der Waals surface area contributed by atoms with Gasteiger partial charge in [0.05, 0.1) is 10.6 Å². The Bertz CT molecular complexity index is 1010. The molecule has 4 rings (SSSR count). The summed E-state index contributed by atoms with van der Waals surface area (Å²) in [6.07, 6.45) is 2.43. The Kier molecular flexibility index (Phi) is 4.68. The molecule has 0 radical (unpaired) electrons. The number of benzene rings is 2. The van der Waals surface area contributed by atoms with Crippen LogP contribution in [0.3, 0.4) is 0 Å². The Balaban J connectivity index is 1.43. The molecule has 2 amide bonds. The number of nitrogens with zero attached hydrogens (tertiary/aromatic N) is 1. The largest absolute Gasteiger partial charge is 0.352 e. The van der Waals surface area contributed by atoms with Gasteiger partial charge in [0.25, 0.3) is 11.8 Å². The number of halogens is 1. The highest BCUT2D eigenvalue weighted by molar-refractivity contribution is 7.98. The van der Waals surface area contributed by atoms with Crippen molar-refractivity contribution in [2.45, 2.75) is 11.3 Å². The standard InChI is InChI=1S/C20H16FN3O2S/c21-15-6-3-13(4-7-15)9-10-22-19(25)14-5-8-18-16(12-14)23-20(26)17-2-1-11-24(17)27-18/h1-8,11-12H,9-10H2,(H,22,25)(H,23,26). The zero-order chi connectivity index (χ0) is 18.8. The van der Waals surface area contributed by atoms with Crippen molar-refractivity contribution in [3.05, 3.63) is 83.4 Å². The van der Waals surface area contributed by atoms with Crippen LogP contribution in [-0.2, 0) is 6.42 Å². The molecule has 1 aliphatic heterocycles. The van der Waals surface area contributed by atoms with Crippen molar-refractivity contribution in [3.63, 3.8) is 0 Å². The predicted molar refractivity (Wildman–Crippen MR) is 103 cm³/mol. The van der Waals surface area contributed by atoms with Crippen LogP contribution in [0.15, 0.2) is 65.7 Å². The van der Waals surface area contributed by atoms with E-state index >= 15 is 0 Å². The second-order valence-corrected chi connectivity index (χ2v) is 7.12. The van der Waals surface area contributed by atoms with Crippen LogP contribution < -0.4 is 10.6 Å². The molecule has 1 aromatic heterocycles. The number of hydrogen-bond acceptors (Lipinski definition) is 3. The molecular formula is C20H16FN3O2S. The van der Waals surface area contributed by atoms with Gasteiger partial charge in [-0.15, -0.1) is 0 Å². The second kappa shape index (κ2) is 7.28. The minimum Gasteiger partial charge on any atom is -0.352 e. The number of hydrogen-bond donors (Lipinski definition) is 2. The van der Waals surface area contributed by atoms with Gasteiger partial charge in [-0.25, -0.2) is 4.39 Å². The fraction of sp³-hybridized carbons (Fsp3) is 0.100. The van der Waals surface area contributed by atoms with Crippen molar-refractivity contribution < 1.29 is 14.0 Å². The maximum atomic E-state index is 12.9. The van der Waals surface area contributed by atoms with E-state index in [1.807, 2.05) is 18.3 Å². The smallest absolute Gasteiger partial charge is 0.273 e. The summed E-state index contributed by atoms with van der Waals surface area (Å²) in [6, 6.07) is 15.0. The van der Waals surface area contributed by atoms with Crippen molar-refractivity contribution in [1.82, 2.24) is 9.29 Å². The Hall–Kier alpha value is -3.06. The second-order valence-electron chi connectivity index (χ2n) is 6.11. The highest BCUT2D eigenvalue weighted by Gasteiger charge is 2.20. The van der Waals surface area contributed by atoms with E-state index < -0.39 is 0 Å². The maximum absolute atomic E-state index is 12.9. The van der Waals surface area contributed by atoms with E-state index in [0.717, 1.165) is 10.5 Å². The molecule has 0 saturated heterocycles. The van der Waals surface area contributed by atoms with Crippen LogP contribution in [0.5, 0.6) is 0 Å². The molecule has 27 heavy (non-hydrogen) atoms. The van der Waals surface area contributed by atoms with Crippen molar-refractivity contribution in [2.24, 2.45) is 0 Å². The van der Waals surface area contributed by atoms with Gasteiger partial charge in [0.2, 0.25) is 0 Å². The molecular weight excluding hydrogens is 365 g/mol. The summed E-state index contributed by atoms with van der Waals surface area (Å²) >= 11 is 1.42. The molecule has 136 valence electrons. The molecule has 3 aromatic rings. The summed E-state index contributed by atoms with van der Waals surface area (Å²) in [5.74, 6) is -0.706. The molecule has 1 aliphatic rings. The van der Waals surface area contributed by atoms with Crippen LogP contribution in [0, 0.1) is 5.82 Å². The lowest BCUT2D eigenvalue weighted by molar-refractivity contribution is 0.0952. The molecule has 0 unspecified atom stereocenters. The first-order chi connectivity index (χ1) is 13.1. The molecule has 5 nitrogen and oxygen atoms in total. The summed E-state index contributed by atoms with van der Waals surface area (Å²) in [5, 5.41) is 5.70. The van der Waals surface area contributed by atoms with Gasteiger partial charge in [0.1, 0.15) is 11.5 Å². The topological polar surface area (TPSA) is 63.1 Å². The molecule has 7 heteroatoms. The Morgan fingerprint density at radius 3 is 2.78 bits per heavy atom. The Labute approximate surface area is 159 Å². The maximum Gasteiger partial charge on any atom is 0.273 e. The third-order valence-corrected chi connectivity index (χ3v) is 5.31. The number of fused-ring (bicyclic) bond motifs is 2. The van der Waals surface area contributed by atoms with Gasteiger partial charge >= 0.3 is 0 Å². The first kappa shape index (κ1) is 17.4. The summed E-state index contributed by atoms with van der Waals surface area (Å²) in [5.41, 5.74) is 2.59. The van der Waals surface area contributed by atoms with E-state index in [0.29, 0.717) is 29.9 Å². The number of nitrogens with one attached hydrogen (secondary N) is 2. The fourth-order valence-corrected chi connectivity index (χ4v) is 3.76. The Morgan fingerprint density at radius 1 is 1.15 bits per heavy atom. The van der Waals surface area contributed by atoms with Gasteiger partial charge < -0.3 is 10.6 Å². The molecule has 2 N–H and O–H groups in total. The zero-order valence-electron chi connectivity index (χ0n) is 14.2. The first-order valence-electron chi connectivity index (χ1n) is 8.44. The molecule has 0 aliphatic carbocycles. The number of carbonyl (C=O) groups excluding carboxylic acids is 2. The van der Waals surface area contributed by atoms with Crippen molar-refractivity contribution in [1.29, 1.82) is 0 Å². The average Bonchev–Trinajstić information content (AvgIpc) is 3.08. The van der Waals surface area contributed by atoms with Gasteiger partial charge in [-0.3, -0.25) is 13.6 Å². The van der Waals surface area contributed by atoms with Crippen LogP contribution in [0.25, 0.3) is 0 Å².